The minimum absolute atomic E-state index is 0.186. The predicted molar refractivity (Wildman–Crippen MR) is 73.3 cm³/mol. The van der Waals surface area contributed by atoms with Gasteiger partial charge in [0.05, 0.1) is 10.7 Å². The summed E-state index contributed by atoms with van der Waals surface area (Å²) in [6.07, 6.45) is 1.70. The van der Waals surface area contributed by atoms with Crippen LogP contribution in [-0.4, -0.2) is 20.8 Å². The molecule has 1 unspecified atom stereocenters. The molecule has 0 radical (unpaired) electrons. The van der Waals surface area contributed by atoms with E-state index >= 15 is 0 Å². The maximum atomic E-state index is 5.63. The van der Waals surface area contributed by atoms with E-state index in [0.717, 1.165) is 29.2 Å². The summed E-state index contributed by atoms with van der Waals surface area (Å²) in [6, 6.07) is 2.28. The van der Waals surface area contributed by atoms with Crippen molar-refractivity contribution >= 4 is 11.3 Å². The molecule has 0 fully saturated rings. The Kier molecular flexibility index (Phi) is 4.11. The molecule has 0 aliphatic heterocycles. The van der Waals surface area contributed by atoms with Crippen LogP contribution in [0.4, 0.5) is 0 Å². The average Bonchev–Trinajstić information content (AvgIpc) is 2.85. The van der Waals surface area contributed by atoms with Crippen LogP contribution in [0.2, 0.25) is 0 Å². The van der Waals surface area contributed by atoms with Crippen LogP contribution in [0.5, 0.6) is 0 Å². The monoisotopic (exact) mass is 265 g/mol. The predicted octanol–water partition coefficient (Wildman–Crippen LogP) is 1.11. The Morgan fingerprint density at radius 2 is 2.17 bits per heavy atom. The third kappa shape index (κ3) is 3.16. The van der Waals surface area contributed by atoms with Gasteiger partial charge in [-0.2, -0.15) is 5.10 Å². The minimum atomic E-state index is 0.186. The lowest BCUT2D eigenvalue weighted by Gasteiger charge is -2.14. The van der Waals surface area contributed by atoms with E-state index in [4.69, 9.17) is 5.84 Å². The standard InChI is InChI=1S/C12H19N5S/c1-8-4-11(17(3)16-8)5-10(15-13)6-12-14-9(2)7-18-12/h4,7,10,15H,5-6,13H2,1-3H3. The number of aryl methyl sites for hydroxylation is 3. The highest BCUT2D eigenvalue weighted by atomic mass is 32.1. The van der Waals surface area contributed by atoms with Crippen LogP contribution < -0.4 is 11.3 Å². The number of hydrogen-bond acceptors (Lipinski definition) is 5. The lowest BCUT2D eigenvalue weighted by atomic mass is 10.1. The van der Waals surface area contributed by atoms with Crippen LogP contribution in [0, 0.1) is 13.8 Å². The second-order valence-electron chi connectivity index (χ2n) is 4.56. The summed E-state index contributed by atoms with van der Waals surface area (Å²) in [5.74, 6) is 5.63. The number of hydrazine groups is 1. The van der Waals surface area contributed by atoms with E-state index in [0.29, 0.717) is 0 Å². The average molecular weight is 265 g/mol. The summed E-state index contributed by atoms with van der Waals surface area (Å²) in [7, 11) is 1.96. The lowest BCUT2D eigenvalue weighted by molar-refractivity contribution is 0.504. The number of hydrogen-bond donors (Lipinski definition) is 2. The molecule has 98 valence electrons. The van der Waals surface area contributed by atoms with Gasteiger partial charge in [0.2, 0.25) is 0 Å². The lowest BCUT2D eigenvalue weighted by Crippen LogP contribution is -2.38. The number of nitrogens with zero attached hydrogens (tertiary/aromatic N) is 3. The zero-order valence-corrected chi connectivity index (χ0v) is 11.8. The summed E-state index contributed by atoms with van der Waals surface area (Å²) in [4.78, 5) is 4.47. The van der Waals surface area contributed by atoms with Gasteiger partial charge in [0.25, 0.3) is 0 Å². The molecule has 5 nitrogen and oxygen atoms in total. The van der Waals surface area contributed by atoms with E-state index in [1.54, 1.807) is 11.3 Å². The Balaban J connectivity index is 2.03. The third-order valence-corrected chi connectivity index (χ3v) is 3.87. The maximum absolute atomic E-state index is 5.63. The maximum Gasteiger partial charge on any atom is 0.0944 e. The Hall–Kier alpha value is -1.24. The van der Waals surface area contributed by atoms with Gasteiger partial charge in [-0.1, -0.05) is 0 Å². The van der Waals surface area contributed by atoms with Crippen LogP contribution in [0.1, 0.15) is 22.1 Å². The second-order valence-corrected chi connectivity index (χ2v) is 5.50. The molecule has 0 amide bonds. The molecule has 3 N–H and O–H groups in total. The molecule has 2 heterocycles. The van der Waals surface area contributed by atoms with Gasteiger partial charge in [-0.15, -0.1) is 11.3 Å². The van der Waals surface area contributed by atoms with Crippen molar-refractivity contribution in [3.8, 4) is 0 Å². The van der Waals surface area contributed by atoms with E-state index in [2.05, 4.69) is 27.0 Å². The van der Waals surface area contributed by atoms with Crippen LogP contribution in [0.25, 0.3) is 0 Å². The van der Waals surface area contributed by atoms with Gasteiger partial charge in [-0.05, 0) is 19.9 Å². The fraction of sp³-hybridized carbons (Fsp3) is 0.500. The van der Waals surface area contributed by atoms with Crippen molar-refractivity contribution in [2.45, 2.75) is 32.7 Å². The van der Waals surface area contributed by atoms with Gasteiger partial charge in [-0.3, -0.25) is 16.0 Å². The van der Waals surface area contributed by atoms with Crippen LogP contribution in [0.3, 0.4) is 0 Å². The van der Waals surface area contributed by atoms with Crippen molar-refractivity contribution in [1.82, 2.24) is 20.2 Å². The SMILES string of the molecule is Cc1csc(CC(Cc2cc(C)nn2C)NN)n1. The molecule has 1 atom stereocenters. The van der Waals surface area contributed by atoms with E-state index < -0.39 is 0 Å². The molecule has 0 aromatic carbocycles. The van der Waals surface area contributed by atoms with Gasteiger partial charge in [-0.25, -0.2) is 4.98 Å². The molecule has 6 heteroatoms. The second kappa shape index (κ2) is 5.60. The fourth-order valence-electron chi connectivity index (χ4n) is 2.00. The van der Waals surface area contributed by atoms with Gasteiger partial charge < -0.3 is 0 Å². The Morgan fingerprint density at radius 1 is 1.39 bits per heavy atom. The fourth-order valence-corrected chi connectivity index (χ4v) is 2.86. The zero-order chi connectivity index (χ0) is 13.1. The van der Waals surface area contributed by atoms with Crippen LogP contribution >= 0.6 is 11.3 Å². The van der Waals surface area contributed by atoms with Crippen molar-refractivity contribution in [3.63, 3.8) is 0 Å². The Labute approximate surface area is 111 Å². The molecule has 0 aliphatic carbocycles. The first kappa shape index (κ1) is 13.2. The van der Waals surface area contributed by atoms with Crippen LogP contribution in [0.15, 0.2) is 11.4 Å². The number of nitrogens with two attached hydrogens (primary N) is 1. The quantitative estimate of drug-likeness (QED) is 0.628. The van der Waals surface area contributed by atoms with Gasteiger partial charge >= 0.3 is 0 Å². The molecule has 2 aromatic heterocycles. The van der Waals surface area contributed by atoms with Gasteiger partial charge in [0, 0.05) is 42.7 Å². The first-order valence-corrected chi connectivity index (χ1v) is 6.83. The highest BCUT2D eigenvalue weighted by molar-refractivity contribution is 7.09. The number of nitrogens with one attached hydrogen (secondary N) is 1. The molecule has 2 aromatic rings. The zero-order valence-electron chi connectivity index (χ0n) is 11.0. The van der Waals surface area contributed by atoms with Gasteiger partial charge in [0.1, 0.15) is 0 Å². The molecule has 0 saturated heterocycles. The number of thiazole rings is 1. The molecule has 0 bridgehead atoms. The Morgan fingerprint density at radius 3 is 2.67 bits per heavy atom. The van der Waals surface area contributed by atoms with Gasteiger partial charge in [0.15, 0.2) is 0 Å². The normalized spacial score (nSPS) is 12.9. The van der Waals surface area contributed by atoms with Crippen molar-refractivity contribution in [2.24, 2.45) is 12.9 Å². The van der Waals surface area contributed by atoms with E-state index in [9.17, 15) is 0 Å². The molecular formula is C12H19N5S. The third-order valence-electron chi connectivity index (χ3n) is 2.88. The van der Waals surface area contributed by atoms with E-state index in [1.807, 2.05) is 25.6 Å². The van der Waals surface area contributed by atoms with Crippen LogP contribution in [-0.2, 0) is 19.9 Å². The highest BCUT2D eigenvalue weighted by Gasteiger charge is 2.13. The summed E-state index contributed by atoms with van der Waals surface area (Å²) >= 11 is 1.68. The van der Waals surface area contributed by atoms with Crippen molar-refractivity contribution in [2.75, 3.05) is 0 Å². The van der Waals surface area contributed by atoms with E-state index in [-0.39, 0.29) is 6.04 Å². The van der Waals surface area contributed by atoms with Crippen molar-refractivity contribution in [1.29, 1.82) is 0 Å². The molecule has 0 aliphatic rings. The van der Waals surface area contributed by atoms with Crippen molar-refractivity contribution < 1.29 is 0 Å². The van der Waals surface area contributed by atoms with Crippen molar-refractivity contribution in [3.05, 3.63) is 33.5 Å². The summed E-state index contributed by atoms with van der Waals surface area (Å²) < 4.78 is 1.91. The number of aromatic nitrogens is 3. The smallest absolute Gasteiger partial charge is 0.0944 e. The number of rotatable bonds is 5. The molecular weight excluding hydrogens is 246 g/mol. The Bertz CT molecular complexity index is 516. The highest BCUT2D eigenvalue weighted by Crippen LogP contribution is 2.13. The molecule has 2 rings (SSSR count). The topological polar surface area (TPSA) is 68.8 Å². The first-order valence-electron chi connectivity index (χ1n) is 5.95. The molecule has 0 spiro atoms. The summed E-state index contributed by atoms with van der Waals surface area (Å²) in [6.45, 7) is 4.01. The summed E-state index contributed by atoms with van der Waals surface area (Å²) in [5.41, 5.74) is 6.16. The largest absolute Gasteiger partial charge is 0.272 e. The van der Waals surface area contributed by atoms with E-state index in [1.165, 1.54) is 5.69 Å². The minimum Gasteiger partial charge on any atom is -0.272 e. The summed E-state index contributed by atoms with van der Waals surface area (Å²) in [5, 5.41) is 7.53. The molecule has 18 heavy (non-hydrogen) atoms. The first-order chi connectivity index (χ1) is 8.58. The molecule has 0 saturated carbocycles.